The van der Waals surface area contributed by atoms with Crippen molar-refractivity contribution in [1.82, 2.24) is 10.5 Å². The molecule has 1 aromatic heterocycles. The molecule has 0 bridgehead atoms. The highest BCUT2D eigenvalue weighted by atomic mass is 19.4. The van der Waals surface area contributed by atoms with Crippen molar-refractivity contribution in [3.8, 4) is 0 Å². The molecule has 20 heavy (non-hydrogen) atoms. The first-order valence-electron chi connectivity index (χ1n) is 5.03. The van der Waals surface area contributed by atoms with Crippen molar-refractivity contribution in [2.45, 2.75) is 31.9 Å². The summed E-state index contributed by atoms with van der Waals surface area (Å²) in [6, 6.07) is 0.827. The highest BCUT2D eigenvalue weighted by molar-refractivity contribution is 5.74. The third-order valence-corrected chi connectivity index (χ3v) is 2.16. The van der Waals surface area contributed by atoms with Crippen LogP contribution in [0.2, 0.25) is 0 Å². The van der Waals surface area contributed by atoms with Gasteiger partial charge in [0.05, 0.1) is 0 Å². The lowest BCUT2D eigenvalue weighted by molar-refractivity contribution is -0.295. The molecule has 0 radical (unpaired) electrons. The van der Waals surface area contributed by atoms with E-state index in [0.29, 0.717) is 6.92 Å². The molecule has 0 spiro atoms. The Morgan fingerprint density at radius 2 is 1.70 bits per heavy atom. The van der Waals surface area contributed by atoms with E-state index in [1.54, 1.807) is 0 Å². The van der Waals surface area contributed by atoms with Crippen molar-refractivity contribution in [3.63, 3.8) is 0 Å². The number of nitrogens with zero attached hydrogens (tertiary/aromatic N) is 1. The Morgan fingerprint density at radius 1 is 1.20 bits per heavy atom. The molecule has 1 rings (SSSR count). The maximum atomic E-state index is 12.9. The van der Waals surface area contributed by atoms with E-state index in [2.05, 4.69) is 9.68 Å². The van der Waals surface area contributed by atoms with Gasteiger partial charge in [-0.3, -0.25) is 4.79 Å². The van der Waals surface area contributed by atoms with Gasteiger partial charge in [-0.25, -0.2) is 0 Å². The molecule has 11 heteroatoms. The van der Waals surface area contributed by atoms with Crippen LogP contribution in [0.15, 0.2) is 10.6 Å². The SMILES string of the molecule is CC(=O)NC(Nc1cc(C)on1)(C(F)(F)F)C(F)(F)F. The van der Waals surface area contributed by atoms with Crippen LogP contribution < -0.4 is 10.6 Å². The number of carbonyl (C=O) groups excluding carboxylic acids is 1. The van der Waals surface area contributed by atoms with E-state index in [9.17, 15) is 31.1 Å². The van der Waals surface area contributed by atoms with Gasteiger partial charge in [-0.05, 0) is 6.92 Å². The van der Waals surface area contributed by atoms with Crippen LogP contribution in [-0.2, 0) is 4.79 Å². The molecule has 0 fully saturated rings. The molecule has 2 N–H and O–H groups in total. The van der Waals surface area contributed by atoms with Crippen LogP contribution in [0, 0.1) is 6.92 Å². The number of halogens is 6. The number of anilines is 1. The Labute approximate surface area is 108 Å². The lowest BCUT2D eigenvalue weighted by Gasteiger charge is -2.37. The molecular weight excluding hydrogens is 296 g/mol. The molecule has 1 heterocycles. The quantitative estimate of drug-likeness (QED) is 0.664. The highest BCUT2D eigenvalue weighted by Crippen LogP contribution is 2.43. The number of hydrogen-bond acceptors (Lipinski definition) is 4. The number of rotatable bonds is 3. The Hall–Kier alpha value is -1.94. The predicted molar refractivity (Wildman–Crippen MR) is 53.5 cm³/mol. The number of nitrogens with one attached hydrogen (secondary N) is 2. The molecule has 1 amide bonds. The van der Waals surface area contributed by atoms with Crippen molar-refractivity contribution in [2.75, 3.05) is 5.32 Å². The van der Waals surface area contributed by atoms with Crippen molar-refractivity contribution >= 4 is 11.7 Å². The van der Waals surface area contributed by atoms with Crippen molar-refractivity contribution in [3.05, 3.63) is 11.8 Å². The van der Waals surface area contributed by atoms with Gasteiger partial charge in [0.25, 0.3) is 0 Å². The first kappa shape index (κ1) is 16.1. The van der Waals surface area contributed by atoms with Gasteiger partial charge in [0, 0.05) is 13.0 Å². The second-order valence-electron chi connectivity index (χ2n) is 3.87. The van der Waals surface area contributed by atoms with E-state index in [1.807, 2.05) is 0 Å². The van der Waals surface area contributed by atoms with Crippen LogP contribution in [0.5, 0.6) is 0 Å². The van der Waals surface area contributed by atoms with E-state index >= 15 is 0 Å². The smallest absolute Gasteiger partial charge is 0.360 e. The van der Waals surface area contributed by atoms with Crippen LogP contribution in [0.1, 0.15) is 12.7 Å². The number of alkyl halides is 6. The fraction of sp³-hybridized carbons (Fsp3) is 0.556. The molecule has 0 aromatic carbocycles. The summed E-state index contributed by atoms with van der Waals surface area (Å²) in [5.74, 6) is -2.34. The van der Waals surface area contributed by atoms with Gasteiger partial charge < -0.3 is 15.2 Å². The lowest BCUT2D eigenvalue weighted by atomic mass is 10.1. The third kappa shape index (κ3) is 2.96. The molecule has 114 valence electrons. The molecule has 0 aliphatic rings. The van der Waals surface area contributed by atoms with Crippen LogP contribution in [0.4, 0.5) is 32.2 Å². The Bertz CT molecular complexity index is 479. The molecular formula is C9H9F6N3O2. The second-order valence-corrected chi connectivity index (χ2v) is 3.87. The molecule has 0 saturated carbocycles. The molecule has 0 aliphatic heterocycles. The average molecular weight is 305 g/mol. The monoisotopic (exact) mass is 305 g/mol. The van der Waals surface area contributed by atoms with Crippen LogP contribution in [-0.4, -0.2) is 29.1 Å². The number of amides is 1. The van der Waals surface area contributed by atoms with E-state index in [-0.39, 0.29) is 5.76 Å². The summed E-state index contributed by atoms with van der Waals surface area (Å²) in [6.07, 6.45) is -11.7. The summed E-state index contributed by atoms with van der Waals surface area (Å²) in [7, 11) is 0. The first-order valence-corrected chi connectivity index (χ1v) is 5.03. The molecule has 0 aliphatic carbocycles. The molecule has 0 atom stereocenters. The Kier molecular flexibility index (Phi) is 3.92. The molecule has 1 aromatic rings. The Balaban J connectivity index is 3.33. The standard InChI is InChI=1S/C9H9F6N3O2/c1-4-3-6(18-20-4)17-7(8(10,11)12,9(13,14)15)16-5(2)19/h3H,1-2H3,(H,16,19)(H,17,18). The fourth-order valence-corrected chi connectivity index (χ4v) is 1.36. The molecule has 5 nitrogen and oxygen atoms in total. The van der Waals surface area contributed by atoms with E-state index in [1.165, 1.54) is 6.92 Å². The summed E-state index contributed by atoms with van der Waals surface area (Å²) in [5, 5.41) is 4.98. The van der Waals surface area contributed by atoms with Crippen LogP contribution >= 0.6 is 0 Å². The summed E-state index contributed by atoms with van der Waals surface area (Å²) < 4.78 is 81.6. The third-order valence-electron chi connectivity index (χ3n) is 2.16. The maximum absolute atomic E-state index is 12.9. The number of carbonyl (C=O) groups is 1. The topological polar surface area (TPSA) is 67.2 Å². The number of aromatic nitrogens is 1. The minimum Gasteiger partial charge on any atom is -0.360 e. The number of aryl methyl sites for hydroxylation is 1. The number of hydrogen-bond donors (Lipinski definition) is 2. The fourth-order valence-electron chi connectivity index (χ4n) is 1.36. The first-order chi connectivity index (χ1) is 8.89. The van der Waals surface area contributed by atoms with Gasteiger partial charge in [0.1, 0.15) is 5.76 Å². The second kappa shape index (κ2) is 4.87. The van der Waals surface area contributed by atoms with Gasteiger partial charge in [0.2, 0.25) is 5.91 Å². The summed E-state index contributed by atoms with van der Waals surface area (Å²) >= 11 is 0. The van der Waals surface area contributed by atoms with Gasteiger partial charge >= 0.3 is 18.0 Å². The van der Waals surface area contributed by atoms with Crippen LogP contribution in [0.3, 0.4) is 0 Å². The minimum absolute atomic E-state index is 0.00595. The van der Waals surface area contributed by atoms with E-state index in [4.69, 9.17) is 0 Å². The van der Waals surface area contributed by atoms with E-state index < -0.39 is 29.7 Å². The van der Waals surface area contributed by atoms with Gasteiger partial charge in [-0.2, -0.15) is 26.3 Å². The van der Waals surface area contributed by atoms with Gasteiger partial charge in [0.15, 0.2) is 5.82 Å². The van der Waals surface area contributed by atoms with Crippen molar-refractivity contribution in [1.29, 1.82) is 0 Å². The molecule has 0 unspecified atom stereocenters. The zero-order valence-electron chi connectivity index (χ0n) is 10.1. The Morgan fingerprint density at radius 3 is 2.00 bits per heavy atom. The van der Waals surface area contributed by atoms with Crippen molar-refractivity contribution in [2.24, 2.45) is 0 Å². The highest BCUT2D eigenvalue weighted by Gasteiger charge is 2.72. The summed E-state index contributed by atoms with van der Waals surface area (Å²) in [5.41, 5.74) is -4.66. The predicted octanol–water partition coefficient (Wildman–Crippen LogP) is 2.35. The zero-order chi connectivity index (χ0) is 15.8. The lowest BCUT2D eigenvalue weighted by Crippen LogP contribution is -2.72. The largest absolute Gasteiger partial charge is 0.439 e. The van der Waals surface area contributed by atoms with Gasteiger partial charge in [-0.1, -0.05) is 5.16 Å². The minimum atomic E-state index is -5.86. The normalized spacial score (nSPS) is 13.2. The average Bonchev–Trinajstić information content (AvgIpc) is 2.58. The summed E-state index contributed by atoms with van der Waals surface area (Å²) in [4.78, 5) is 10.8. The van der Waals surface area contributed by atoms with Crippen molar-refractivity contribution < 1.29 is 35.7 Å². The van der Waals surface area contributed by atoms with E-state index in [0.717, 1.165) is 16.7 Å². The maximum Gasteiger partial charge on any atom is 0.439 e. The molecule has 0 saturated heterocycles. The summed E-state index contributed by atoms with van der Waals surface area (Å²) in [6.45, 7) is 1.81. The van der Waals surface area contributed by atoms with Crippen LogP contribution in [0.25, 0.3) is 0 Å². The van der Waals surface area contributed by atoms with Gasteiger partial charge in [-0.15, -0.1) is 0 Å². The zero-order valence-corrected chi connectivity index (χ0v) is 10.1.